The number of hydrogen-bond acceptors (Lipinski definition) is 2. The first-order valence-electron chi connectivity index (χ1n) is 7.62. The zero-order chi connectivity index (χ0) is 13.0. The predicted octanol–water partition coefficient (Wildman–Crippen LogP) is 5.01. The third-order valence-corrected chi connectivity index (χ3v) is 7.29. The lowest BCUT2D eigenvalue weighted by atomic mass is 9.48. The maximum absolute atomic E-state index is 6.49. The summed E-state index contributed by atoms with van der Waals surface area (Å²) in [5, 5.41) is 2.94. The molecule has 4 bridgehead atoms. The second-order valence-electron chi connectivity index (χ2n) is 7.36. The Balaban J connectivity index is 1.55. The molecule has 3 heteroatoms. The number of halogens is 1. The second kappa shape index (κ2) is 4.47. The maximum Gasteiger partial charge on any atom is 0.0561 e. The Morgan fingerprint density at radius 2 is 1.79 bits per heavy atom. The van der Waals surface area contributed by atoms with E-state index < -0.39 is 0 Å². The molecule has 0 aromatic carbocycles. The minimum atomic E-state index is 0.156. The Morgan fingerprint density at radius 1 is 1.21 bits per heavy atom. The summed E-state index contributed by atoms with van der Waals surface area (Å²) in [6.07, 6.45) is 10.0. The molecule has 0 aliphatic heterocycles. The first-order valence-corrected chi connectivity index (χ1v) is 8.88. The van der Waals surface area contributed by atoms with Gasteiger partial charge >= 0.3 is 0 Å². The lowest BCUT2D eigenvalue weighted by Gasteiger charge is -2.57. The van der Waals surface area contributed by atoms with Crippen molar-refractivity contribution in [3.05, 3.63) is 21.3 Å². The first kappa shape index (κ1) is 12.7. The van der Waals surface area contributed by atoms with Crippen molar-refractivity contribution in [2.24, 2.45) is 28.9 Å². The number of rotatable bonds is 3. The molecule has 1 aromatic rings. The zero-order valence-corrected chi connectivity index (χ0v) is 12.8. The molecule has 1 heterocycles. The molecule has 4 aliphatic carbocycles. The molecule has 0 amide bonds. The molecule has 2 N–H and O–H groups in total. The normalized spacial score (nSPS) is 41.7. The van der Waals surface area contributed by atoms with Gasteiger partial charge in [0.25, 0.3) is 0 Å². The number of nitrogens with two attached hydrogens (primary N) is 1. The molecule has 4 fully saturated rings. The second-order valence-corrected chi connectivity index (χ2v) is 8.72. The average Bonchev–Trinajstić information content (AvgIpc) is 2.72. The van der Waals surface area contributed by atoms with E-state index >= 15 is 0 Å². The monoisotopic (exact) mass is 295 g/mol. The van der Waals surface area contributed by atoms with Crippen LogP contribution in [0.3, 0.4) is 0 Å². The van der Waals surface area contributed by atoms with Gasteiger partial charge in [-0.05, 0) is 79.6 Å². The van der Waals surface area contributed by atoms with E-state index in [1.54, 1.807) is 11.3 Å². The smallest absolute Gasteiger partial charge is 0.0561 e. The minimum absolute atomic E-state index is 0.156. The van der Waals surface area contributed by atoms with Crippen molar-refractivity contribution >= 4 is 22.9 Å². The van der Waals surface area contributed by atoms with E-state index in [-0.39, 0.29) is 6.04 Å². The summed E-state index contributed by atoms with van der Waals surface area (Å²) in [5.74, 6) is 3.03. The third-order valence-electron chi connectivity index (χ3n) is 5.80. The quantitative estimate of drug-likeness (QED) is 0.833. The lowest BCUT2D eigenvalue weighted by molar-refractivity contribution is -0.0603. The summed E-state index contributed by atoms with van der Waals surface area (Å²) in [4.78, 5) is 1.21. The summed E-state index contributed by atoms with van der Waals surface area (Å²) < 4.78 is 0. The molecule has 0 saturated heterocycles. The molecule has 4 saturated carbocycles. The summed E-state index contributed by atoms with van der Waals surface area (Å²) >= 11 is 7.98. The Kier molecular flexibility index (Phi) is 2.98. The van der Waals surface area contributed by atoms with Crippen LogP contribution in [-0.4, -0.2) is 0 Å². The van der Waals surface area contributed by atoms with E-state index in [1.807, 2.05) is 6.07 Å². The summed E-state index contributed by atoms with van der Waals surface area (Å²) in [6, 6.07) is 2.14. The van der Waals surface area contributed by atoms with Crippen LogP contribution in [0.5, 0.6) is 0 Å². The minimum Gasteiger partial charge on any atom is -0.323 e. The van der Waals surface area contributed by atoms with Gasteiger partial charge < -0.3 is 5.73 Å². The van der Waals surface area contributed by atoms with Crippen molar-refractivity contribution in [2.75, 3.05) is 0 Å². The van der Waals surface area contributed by atoms with Gasteiger partial charge in [-0.15, -0.1) is 11.3 Å². The largest absolute Gasteiger partial charge is 0.323 e. The maximum atomic E-state index is 6.49. The van der Waals surface area contributed by atoms with Crippen molar-refractivity contribution < 1.29 is 0 Å². The highest BCUT2D eigenvalue weighted by atomic mass is 35.5. The van der Waals surface area contributed by atoms with Crippen LogP contribution in [0.4, 0.5) is 0 Å². The van der Waals surface area contributed by atoms with E-state index in [1.165, 1.54) is 43.4 Å². The fourth-order valence-electron chi connectivity index (χ4n) is 5.67. The van der Waals surface area contributed by atoms with Gasteiger partial charge in [0, 0.05) is 10.9 Å². The fraction of sp³-hybridized carbons (Fsp3) is 0.750. The molecule has 0 spiro atoms. The SMILES string of the molecule is NC(CC12CC3CC(CC(C3)C1)C2)c1sccc1Cl. The summed E-state index contributed by atoms with van der Waals surface area (Å²) in [6.45, 7) is 0. The van der Waals surface area contributed by atoms with E-state index in [9.17, 15) is 0 Å². The van der Waals surface area contributed by atoms with Crippen LogP contribution in [0, 0.1) is 23.2 Å². The molecule has 1 atom stereocenters. The van der Waals surface area contributed by atoms with Gasteiger partial charge in [0.05, 0.1) is 5.02 Å². The van der Waals surface area contributed by atoms with Gasteiger partial charge in [0.2, 0.25) is 0 Å². The van der Waals surface area contributed by atoms with Crippen LogP contribution in [0.2, 0.25) is 5.02 Å². The number of hydrogen-bond donors (Lipinski definition) is 1. The van der Waals surface area contributed by atoms with E-state index in [2.05, 4.69) is 5.38 Å². The van der Waals surface area contributed by atoms with Crippen LogP contribution >= 0.6 is 22.9 Å². The average molecular weight is 296 g/mol. The van der Waals surface area contributed by atoms with Gasteiger partial charge in [-0.2, -0.15) is 0 Å². The van der Waals surface area contributed by atoms with Gasteiger partial charge in [-0.3, -0.25) is 0 Å². The van der Waals surface area contributed by atoms with Gasteiger partial charge in [-0.1, -0.05) is 11.6 Å². The highest BCUT2D eigenvalue weighted by Gasteiger charge is 2.51. The van der Waals surface area contributed by atoms with Gasteiger partial charge in [0.1, 0.15) is 0 Å². The van der Waals surface area contributed by atoms with Crippen molar-refractivity contribution in [3.8, 4) is 0 Å². The molecule has 104 valence electrons. The van der Waals surface area contributed by atoms with Crippen LogP contribution in [-0.2, 0) is 0 Å². The van der Waals surface area contributed by atoms with Crippen LogP contribution in [0.25, 0.3) is 0 Å². The molecule has 1 nitrogen and oxygen atoms in total. The highest BCUT2D eigenvalue weighted by Crippen LogP contribution is 2.62. The Bertz CT molecular complexity index is 446. The number of thiophene rings is 1. The lowest BCUT2D eigenvalue weighted by Crippen LogP contribution is -2.47. The molecule has 19 heavy (non-hydrogen) atoms. The first-order chi connectivity index (χ1) is 9.13. The summed E-state index contributed by atoms with van der Waals surface area (Å²) in [5.41, 5.74) is 7.04. The summed E-state index contributed by atoms with van der Waals surface area (Å²) in [7, 11) is 0. The Labute approximate surface area is 124 Å². The van der Waals surface area contributed by atoms with Crippen molar-refractivity contribution in [2.45, 2.75) is 51.0 Å². The van der Waals surface area contributed by atoms with E-state index in [0.717, 1.165) is 29.2 Å². The van der Waals surface area contributed by atoms with Gasteiger partial charge in [-0.25, -0.2) is 0 Å². The van der Waals surface area contributed by atoms with Crippen molar-refractivity contribution in [3.63, 3.8) is 0 Å². The van der Waals surface area contributed by atoms with Crippen LogP contribution in [0.1, 0.15) is 55.9 Å². The molecule has 1 aromatic heterocycles. The zero-order valence-electron chi connectivity index (χ0n) is 11.3. The van der Waals surface area contributed by atoms with E-state index in [0.29, 0.717) is 5.41 Å². The van der Waals surface area contributed by atoms with Crippen LogP contribution in [0.15, 0.2) is 11.4 Å². The van der Waals surface area contributed by atoms with Crippen molar-refractivity contribution in [1.29, 1.82) is 0 Å². The molecule has 1 unspecified atom stereocenters. The molecular weight excluding hydrogens is 274 g/mol. The molecular formula is C16H22ClNS. The third kappa shape index (κ3) is 2.16. The van der Waals surface area contributed by atoms with E-state index in [4.69, 9.17) is 17.3 Å². The Morgan fingerprint density at radius 3 is 2.26 bits per heavy atom. The topological polar surface area (TPSA) is 26.0 Å². The predicted molar refractivity (Wildman–Crippen MR) is 81.5 cm³/mol. The van der Waals surface area contributed by atoms with Gasteiger partial charge in [0.15, 0.2) is 0 Å². The molecule has 0 radical (unpaired) electrons. The van der Waals surface area contributed by atoms with Crippen molar-refractivity contribution in [1.82, 2.24) is 0 Å². The molecule has 5 rings (SSSR count). The van der Waals surface area contributed by atoms with Crippen LogP contribution < -0.4 is 5.73 Å². The standard InChI is InChI=1S/C16H22ClNS/c17-13-1-2-19-15(13)14(18)9-16-6-10-3-11(7-16)5-12(4-10)8-16/h1-2,10-12,14H,3-9,18H2. The fourth-order valence-corrected chi connectivity index (χ4v) is 6.87. The Hall–Kier alpha value is -0.0500. The molecule has 4 aliphatic rings. The highest BCUT2D eigenvalue weighted by molar-refractivity contribution is 7.10.